The van der Waals surface area contributed by atoms with E-state index in [9.17, 15) is 14.7 Å². The average molecular weight is 297 g/mol. The monoisotopic (exact) mass is 297 g/mol. The molecule has 0 unspecified atom stereocenters. The van der Waals surface area contributed by atoms with Gasteiger partial charge in [0.2, 0.25) is 5.91 Å². The number of amides is 1. The molecular formula is C14H11N5O3. The first-order valence-corrected chi connectivity index (χ1v) is 6.69. The fourth-order valence-electron chi connectivity index (χ4n) is 2.79. The Labute approximate surface area is 123 Å². The molecule has 1 atom stereocenters. The maximum absolute atomic E-state index is 11.8. The molecule has 0 bridgehead atoms. The number of hydrogen-bond acceptors (Lipinski definition) is 4. The number of benzene rings is 1. The molecule has 1 aromatic carbocycles. The zero-order chi connectivity index (χ0) is 15.3. The van der Waals surface area contributed by atoms with E-state index in [0.29, 0.717) is 11.4 Å². The lowest BCUT2D eigenvalue weighted by molar-refractivity contribution is -0.116. The minimum atomic E-state index is -1.12. The Morgan fingerprint density at radius 2 is 2.14 bits per heavy atom. The van der Waals surface area contributed by atoms with Gasteiger partial charge in [-0.15, -0.1) is 0 Å². The van der Waals surface area contributed by atoms with Crippen molar-refractivity contribution in [3.8, 4) is 0 Å². The van der Waals surface area contributed by atoms with Crippen LogP contribution in [0.5, 0.6) is 0 Å². The first-order chi connectivity index (χ1) is 10.6. The van der Waals surface area contributed by atoms with Crippen molar-refractivity contribution < 1.29 is 14.7 Å². The van der Waals surface area contributed by atoms with Gasteiger partial charge in [-0.1, -0.05) is 12.1 Å². The quantitative estimate of drug-likeness (QED) is 0.570. The van der Waals surface area contributed by atoms with Crippen molar-refractivity contribution >= 4 is 28.7 Å². The molecule has 0 aliphatic carbocycles. The number of para-hydroxylation sites is 2. The maximum atomic E-state index is 11.8. The predicted molar refractivity (Wildman–Crippen MR) is 76.7 cm³/mol. The van der Waals surface area contributed by atoms with Crippen molar-refractivity contribution in [3.63, 3.8) is 0 Å². The number of fused-ring (bicyclic) bond motifs is 2. The Morgan fingerprint density at radius 1 is 1.32 bits per heavy atom. The van der Waals surface area contributed by atoms with Crippen LogP contribution in [0, 0.1) is 0 Å². The zero-order valence-electron chi connectivity index (χ0n) is 11.3. The van der Waals surface area contributed by atoms with Crippen molar-refractivity contribution in [3.05, 3.63) is 41.3 Å². The summed E-state index contributed by atoms with van der Waals surface area (Å²) in [5.41, 5.74) is 2.03. The molecule has 1 aliphatic heterocycles. The summed E-state index contributed by atoms with van der Waals surface area (Å²) in [7, 11) is 0. The standard InChI is InChI=1S/C14H11N5O3/c20-9-5-6(10-11(14(21)22)18-19-13(10)17-9)12-15-7-3-1-2-4-8(7)16-12/h1-4,6H,5H2,(H,15,16)(H,21,22)(H2,17,18,19,20)/t6-/m0/s1. The molecule has 8 heteroatoms. The van der Waals surface area contributed by atoms with Crippen LogP contribution in [-0.4, -0.2) is 37.1 Å². The van der Waals surface area contributed by atoms with Crippen LogP contribution in [0.15, 0.2) is 24.3 Å². The van der Waals surface area contributed by atoms with Gasteiger partial charge in [-0.2, -0.15) is 5.10 Å². The summed E-state index contributed by atoms with van der Waals surface area (Å²) in [5.74, 6) is -1.01. The number of nitrogens with one attached hydrogen (secondary N) is 3. The lowest BCUT2D eigenvalue weighted by atomic mass is 9.91. The number of carboxylic acid groups (broad SMARTS) is 1. The molecule has 0 fully saturated rings. The van der Waals surface area contributed by atoms with Crippen molar-refractivity contribution in [2.24, 2.45) is 0 Å². The largest absolute Gasteiger partial charge is 0.477 e. The Morgan fingerprint density at radius 3 is 2.91 bits per heavy atom. The van der Waals surface area contributed by atoms with Gasteiger partial charge in [0.05, 0.1) is 17.0 Å². The fraction of sp³-hybridized carbons (Fsp3) is 0.143. The van der Waals surface area contributed by atoms with Crippen LogP contribution in [0.3, 0.4) is 0 Å². The second-order valence-electron chi connectivity index (χ2n) is 5.11. The Kier molecular flexibility index (Phi) is 2.52. The third kappa shape index (κ3) is 1.77. The average Bonchev–Trinajstić information content (AvgIpc) is 3.09. The number of carbonyl (C=O) groups is 2. The number of imidazole rings is 1. The Hall–Kier alpha value is -3.16. The Balaban J connectivity index is 1.90. The molecule has 0 radical (unpaired) electrons. The van der Waals surface area contributed by atoms with Crippen LogP contribution >= 0.6 is 0 Å². The first-order valence-electron chi connectivity index (χ1n) is 6.69. The maximum Gasteiger partial charge on any atom is 0.354 e. The number of rotatable bonds is 2. The van der Waals surface area contributed by atoms with E-state index in [1.807, 2.05) is 24.3 Å². The van der Waals surface area contributed by atoms with E-state index in [0.717, 1.165) is 11.0 Å². The SMILES string of the molecule is O=C1C[C@H](c2nc3ccccc3[nH]2)c2c(n[nH]c2C(=O)O)N1. The molecule has 22 heavy (non-hydrogen) atoms. The van der Waals surface area contributed by atoms with Crippen LogP contribution in [0.1, 0.15) is 34.2 Å². The predicted octanol–water partition coefficient (Wildman–Crippen LogP) is 1.46. The van der Waals surface area contributed by atoms with Gasteiger partial charge >= 0.3 is 5.97 Å². The summed E-state index contributed by atoms with van der Waals surface area (Å²) in [6.45, 7) is 0. The van der Waals surface area contributed by atoms with Crippen molar-refractivity contribution in [2.45, 2.75) is 12.3 Å². The lowest BCUT2D eigenvalue weighted by Gasteiger charge is -2.20. The van der Waals surface area contributed by atoms with Gasteiger partial charge in [0, 0.05) is 12.0 Å². The van der Waals surface area contributed by atoms with Gasteiger partial charge < -0.3 is 15.4 Å². The molecule has 4 N–H and O–H groups in total. The molecule has 0 saturated carbocycles. The van der Waals surface area contributed by atoms with Crippen LogP contribution in [0.25, 0.3) is 11.0 Å². The summed E-state index contributed by atoms with van der Waals surface area (Å²) >= 11 is 0. The summed E-state index contributed by atoms with van der Waals surface area (Å²) in [4.78, 5) is 30.8. The van der Waals surface area contributed by atoms with Gasteiger partial charge in [0.15, 0.2) is 5.82 Å². The molecule has 3 aromatic rings. The molecule has 3 heterocycles. The molecule has 0 saturated heterocycles. The molecule has 4 rings (SSSR count). The number of carbonyl (C=O) groups excluding carboxylic acids is 1. The van der Waals surface area contributed by atoms with Crippen LogP contribution in [0.2, 0.25) is 0 Å². The number of anilines is 1. The summed E-state index contributed by atoms with van der Waals surface area (Å²) < 4.78 is 0. The van der Waals surface area contributed by atoms with Gasteiger partial charge in [-0.3, -0.25) is 9.89 Å². The number of H-pyrrole nitrogens is 2. The van der Waals surface area contributed by atoms with E-state index >= 15 is 0 Å². The number of hydrogen-bond donors (Lipinski definition) is 4. The summed E-state index contributed by atoms with van der Waals surface area (Å²) in [5, 5.41) is 18.2. The molecular weight excluding hydrogens is 286 g/mol. The molecule has 1 amide bonds. The fourth-order valence-corrected chi connectivity index (χ4v) is 2.79. The highest BCUT2D eigenvalue weighted by atomic mass is 16.4. The molecule has 110 valence electrons. The summed E-state index contributed by atoms with van der Waals surface area (Å²) in [6, 6.07) is 7.48. The minimum Gasteiger partial charge on any atom is -0.477 e. The van der Waals surface area contributed by atoms with Gasteiger partial charge in [-0.25, -0.2) is 9.78 Å². The molecule has 2 aromatic heterocycles. The minimum absolute atomic E-state index is 0.0274. The molecule has 0 spiro atoms. The lowest BCUT2D eigenvalue weighted by Crippen LogP contribution is -2.25. The number of aromatic amines is 2. The zero-order valence-corrected chi connectivity index (χ0v) is 11.3. The van der Waals surface area contributed by atoms with Gasteiger partial charge in [0.25, 0.3) is 0 Å². The van der Waals surface area contributed by atoms with E-state index in [2.05, 4.69) is 25.5 Å². The number of nitrogens with zero attached hydrogens (tertiary/aromatic N) is 2. The summed E-state index contributed by atoms with van der Waals surface area (Å²) in [6.07, 6.45) is 0.118. The highest BCUT2D eigenvalue weighted by Crippen LogP contribution is 2.37. The highest BCUT2D eigenvalue weighted by Gasteiger charge is 2.35. The molecule has 8 nitrogen and oxygen atoms in total. The van der Waals surface area contributed by atoms with Gasteiger partial charge in [-0.05, 0) is 12.1 Å². The first kappa shape index (κ1) is 12.6. The smallest absolute Gasteiger partial charge is 0.354 e. The van der Waals surface area contributed by atoms with Gasteiger partial charge in [0.1, 0.15) is 11.5 Å². The van der Waals surface area contributed by atoms with E-state index in [-0.39, 0.29) is 23.8 Å². The van der Waals surface area contributed by atoms with E-state index in [1.54, 1.807) is 0 Å². The number of aromatic carboxylic acids is 1. The second-order valence-corrected chi connectivity index (χ2v) is 5.11. The third-order valence-corrected chi connectivity index (χ3v) is 3.75. The van der Waals surface area contributed by atoms with Crippen LogP contribution < -0.4 is 5.32 Å². The molecule has 1 aliphatic rings. The topological polar surface area (TPSA) is 124 Å². The highest BCUT2D eigenvalue weighted by molar-refractivity contribution is 5.98. The number of carboxylic acids is 1. The van der Waals surface area contributed by atoms with E-state index in [1.165, 1.54) is 0 Å². The normalized spacial score (nSPS) is 17.3. The van der Waals surface area contributed by atoms with Crippen molar-refractivity contribution in [1.82, 2.24) is 20.2 Å². The Bertz CT molecular complexity index is 877. The van der Waals surface area contributed by atoms with Crippen LogP contribution in [-0.2, 0) is 4.79 Å². The van der Waals surface area contributed by atoms with Crippen molar-refractivity contribution in [2.75, 3.05) is 5.32 Å². The van der Waals surface area contributed by atoms with E-state index < -0.39 is 11.9 Å². The number of aromatic nitrogens is 4. The second kappa shape index (κ2) is 4.42. The van der Waals surface area contributed by atoms with Crippen molar-refractivity contribution in [1.29, 1.82) is 0 Å². The van der Waals surface area contributed by atoms with Crippen LogP contribution in [0.4, 0.5) is 5.82 Å². The van der Waals surface area contributed by atoms with E-state index in [4.69, 9.17) is 0 Å². The third-order valence-electron chi connectivity index (χ3n) is 3.75.